The molecule has 0 aliphatic carbocycles. The zero-order valence-electron chi connectivity index (χ0n) is 18.8. The largest absolute Gasteiger partial charge is 0.339 e. The predicted molar refractivity (Wildman–Crippen MR) is 134 cm³/mol. The van der Waals surface area contributed by atoms with E-state index in [0.29, 0.717) is 22.8 Å². The number of hydrogen-bond acceptors (Lipinski definition) is 6. The minimum atomic E-state index is -1.04. The van der Waals surface area contributed by atoms with Crippen molar-refractivity contribution in [3.05, 3.63) is 88.9 Å². The SMILES string of the molecule is NC[C@H](NC(=O)c1ccc(-c2ccc(NC(=O)CNCc3cccc(Cl)c3)cc2)cc1)C(=O)NO. The number of hydroxylamine groups is 1. The molecule has 0 radical (unpaired) electrons. The zero-order valence-corrected chi connectivity index (χ0v) is 19.5. The molecule has 0 aliphatic rings. The van der Waals surface area contributed by atoms with Gasteiger partial charge in [0.15, 0.2) is 0 Å². The molecule has 7 N–H and O–H groups in total. The summed E-state index contributed by atoms with van der Waals surface area (Å²) in [5.41, 5.74) is 10.7. The number of anilines is 1. The van der Waals surface area contributed by atoms with Gasteiger partial charge in [-0.2, -0.15) is 0 Å². The van der Waals surface area contributed by atoms with E-state index in [1.807, 2.05) is 30.3 Å². The Morgan fingerprint density at radius 3 is 2.20 bits per heavy atom. The van der Waals surface area contributed by atoms with Gasteiger partial charge in [-0.1, -0.05) is 48.0 Å². The number of hydrogen-bond donors (Lipinski definition) is 6. The van der Waals surface area contributed by atoms with E-state index in [2.05, 4.69) is 16.0 Å². The molecule has 3 amide bonds. The van der Waals surface area contributed by atoms with E-state index < -0.39 is 17.9 Å². The van der Waals surface area contributed by atoms with Crippen molar-refractivity contribution < 1.29 is 19.6 Å². The summed E-state index contributed by atoms with van der Waals surface area (Å²) >= 11 is 5.96. The van der Waals surface area contributed by atoms with Gasteiger partial charge in [0.05, 0.1) is 6.54 Å². The number of halogens is 1. The summed E-state index contributed by atoms with van der Waals surface area (Å²) in [5.74, 6) is -1.44. The van der Waals surface area contributed by atoms with E-state index in [1.54, 1.807) is 42.5 Å². The molecule has 0 bridgehead atoms. The van der Waals surface area contributed by atoms with Crippen LogP contribution in [-0.4, -0.2) is 42.1 Å². The highest BCUT2D eigenvalue weighted by molar-refractivity contribution is 6.30. The van der Waals surface area contributed by atoms with Gasteiger partial charge in [-0.3, -0.25) is 19.6 Å². The first-order valence-corrected chi connectivity index (χ1v) is 11.2. The van der Waals surface area contributed by atoms with E-state index in [-0.39, 0.29) is 19.0 Å². The van der Waals surface area contributed by atoms with Gasteiger partial charge in [0, 0.05) is 29.4 Å². The number of carbonyl (C=O) groups excluding carboxylic acids is 3. The third-order valence-corrected chi connectivity index (χ3v) is 5.36. The van der Waals surface area contributed by atoms with E-state index in [9.17, 15) is 14.4 Å². The summed E-state index contributed by atoms with van der Waals surface area (Å²) in [7, 11) is 0. The van der Waals surface area contributed by atoms with E-state index in [1.165, 1.54) is 5.48 Å². The lowest BCUT2D eigenvalue weighted by molar-refractivity contribution is -0.130. The summed E-state index contributed by atoms with van der Waals surface area (Å²) in [6.07, 6.45) is 0. The monoisotopic (exact) mass is 495 g/mol. The molecule has 0 saturated heterocycles. The molecule has 3 rings (SSSR count). The van der Waals surface area contributed by atoms with Crippen LogP contribution in [-0.2, 0) is 16.1 Å². The maximum absolute atomic E-state index is 12.3. The van der Waals surface area contributed by atoms with Gasteiger partial charge in [0.25, 0.3) is 11.8 Å². The van der Waals surface area contributed by atoms with Gasteiger partial charge >= 0.3 is 0 Å². The first-order chi connectivity index (χ1) is 16.9. The highest BCUT2D eigenvalue weighted by atomic mass is 35.5. The Hall–Kier alpha value is -3.76. The highest BCUT2D eigenvalue weighted by Crippen LogP contribution is 2.22. The Labute approximate surface area is 207 Å². The molecule has 0 spiro atoms. The van der Waals surface area contributed by atoms with Crippen LogP contribution in [0.15, 0.2) is 72.8 Å². The third kappa shape index (κ3) is 7.62. The highest BCUT2D eigenvalue weighted by Gasteiger charge is 2.19. The molecule has 0 heterocycles. The average molecular weight is 496 g/mol. The number of amides is 3. The molecule has 35 heavy (non-hydrogen) atoms. The molecule has 1 atom stereocenters. The Morgan fingerprint density at radius 2 is 1.60 bits per heavy atom. The fourth-order valence-corrected chi connectivity index (χ4v) is 3.50. The van der Waals surface area contributed by atoms with Crippen molar-refractivity contribution in [3.8, 4) is 11.1 Å². The molecular formula is C25H26ClN5O4. The minimum absolute atomic E-state index is 0.156. The van der Waals surface area contributed by atoms with Crippen LogP contribution in [0.25, 0.3) is 11.1 Å². The molecule has 0 fully saturated rings. The normalized spacial score (nSPS) is 11.4. The summed E-state index contributed by atoms with van der Waals surface area (Å²) in [6, 6.07) is 20.5. The molecule has 0 saturated carbocycles. The lowest BCUT2D eigenvalue weighted by atomic mass is 10.0. The second kappa shape index (κ2) is 12.6. The zero-order chi connectivity index (χ0) is 25.2. The first kappa shape index (κ1) is 25.9. The smallest absolute Gasteiger partial charge is 0.267 e. The molecule has 10 heteroatoms. The molecular weight excluding hydrogens is 470 g/mol. The van der Waals surface area contributed by atoms with Gasteiger partial charge in [-0.15, -0.1) is 0 Å². The topological polar surface area (TPSA) is 146 Å². The standard InChI is InChI=1S/C25H26ClN5O4/c26-20-3-1-2-16(12-20)14-28-15-23(32)29-21-10-8-18(9-11-21)17-4-6-19(7-5-17)24(33)30-22(13-27)25(34)31-35/h1-12,22,28,35H,13-15,27H2,(H,29,32)(H,30,33)(H,31,34)/t22-/m0/s1. The minimum Gasteiger partial charge on any atom is -0.339 e. The molecule has 182 valence electrons. The van der Waals surface area contributed by atoms with Crippen LogP contribution in [0.4, 0.5) is 5.69 Å². The van der Waals surface area contributed by atoms with Crippen molar-refractivity contribution in [2.45, 2.75) is 12.6 Å². The van der Waals surface area contributed by atoms with Gasteiger partial charge in [0.2, 0.25) is 5.91 Å². The van der Waals surface area contributed by atoms with E-state index in [0.717, 1.165) is 16.7 Å². The Balaban J connectivity index is 1.52. The first-order valence-electron chi connectivity index (χ1n) is 10.8. The summed E-state index contributed by atoms with van der Waals surface area (Å²) in [5, 5.41) is 17.7. The van der Waals surface area contributed by atoms with Gasteiger partial charge < -0.3 is 21.7 Å². The summed E-state index contributed by atoms with van der Waals surface area (Å²) < 4.78 is 0. The van der Waals surface area contributed by atoms with Gasteiger partial charge in [0.1, 0.15) is 6.04 Å². The van der Waals surface area contributed by atoms with Crippen LogP contribution in [0.5, 0.6) is 0 Å². The Kier molecular flexibility index (Phi) is 9.33. The number of benzene rings is 3. The van der Waals surface area contributed by atoms with Gasteiger partial charge in [-0.05, 0) is 53.1 Å². The van der Waals surface area contributed by atoms with Crippen molar-refractivity contribution in [2.24, 2.45) is 5.73 Å². The van der Waals surface area contributed by atoms with Crippen molar-refractivity contribution in [1.82, 2.24) is 16.1 Å². The maximum Gasteiger partial charge on any atom is 0.267 e. The lowest BCUT2D eigenvalue weighted by Gasteiger charge is -2.14. The Morgan fingerprint density at radius 1 is 0.943 bits per heavy atom. The summed E-state index contributed by atoms with van der Waals surface area (Å²) in [4.78, 5) is 36.0. The molecule has 0 aliphatic heterocycles. The molecule has 0 aromatic heterocycles. The fourth-order valence-electron chi connectivity index (χ4n) is 3.28. The third-order valence-electron chi connectivity index (χ3n) is 5.12. The van der Waals surface area contributed by atoms with Crippen LogP contribution in [0.3, 0.4) is 0 Å². The van der Waals surface area contributed by atoms with Crippen molar-refractivity contribution in [2.75, 3.05) is 18.4 Å². The predicted octanol–water partition coefficient (Wildman–Crippen LogP) is 2.30. The molecule has 3 aromatic rings. The van der Waals surface area contributed by atoms with Crippen LogP contribution in [0.1, 0.15) is 15.9 Å². The number of carbonyl (C=O) groups is 3. The Bertz CT molecular complexity index is 1170. The van der Waals surface area contributed by atoms with Crippen LogP contribution in [0.2, 0.25) is 5.02 Å². The number of nitrogens with two attached hydrogens (primary N) is 1. The number of nitrogens with one attached hydrogen (secondary N) is 4. The molecule has 9 nitrogen and oxygen atoms in total. The quantitative estimate of drug-likeness (QED) is 0.188. The fraction of sp³-hybridized carbons (Fsp3) is 0.160. The van der Waals surface area contributed by atoms with Crippen LogP contribution < -0.4 is 27.2 Å². The van der Waals surface area contributed by atoms with Crippen molar-refractivity contribution >= 4 is 35.0 Å². The number of rotatable bonds is 10. The summed E-state index contributed by atoms with van der Waals surface area (Å²) in [6.45, 7) is 0.530. The van der Waals surface area contributed by atoms with E-state index >= 15 is 0 Å². The van der Waals surface area contributed by atoms with Crippen LogP contribution >= 0.6 is 11.6 Å². The second-order valence-corrected chi connectivity index (χ2v) is 8.11. The van der Waals surface area contributed by atoms with Crippen LogP contribution in [0, 0.1) is 0 Å². The lowest BCUT2D eigenvalue weighted by Crippen LogP contribution is -2.50. The molecule has 3 aromatic carbocycles. The molecule has 0 unspecified atom stereocenters. The second-order valence-electron chi connectivity index (χ2n) is 7.67. The van der Waals surface area contributed by atoms with Gasteiger partial charge in [-0.25, -0.2) is 5.48 Å². The average Bonchev–Trinajstić information content (AvgIpc) is 2.87. The maximum atomic E-state index is 12.3. The van der Waals surface area contributed by atoms with Crippen molar-refractivity contribution in [3.63, 3.8) is 0 Å². The van der Waals surface area contributed by atoms with E-state index in [4.69, 9.17) is 22.5 Å². The van der Waals surface area contributed by atoms with Crippen molar-refractivity contribution in [1.29, 1.82) is 0 Å².